The van der Waals surface area contributed by atoms with Gasteiger partial charge in [0.05, 0.1) is 0 Å². The summed E-state index contributed by atoms with van der Waals surface area (Å²) >= 11 is 0. The molecule has 1 aromatic carbocycles. The monoisotopic (exact) mass is 213 g/mol. The number of hydrogen-bond donors (Lipinski definition) is 0. The third-order valence-corrected chi connectivity index (χ3v) is 2.07. The van der Waals surface area contributed by atoms with Crippen LogP contribution in [0.3, 0.4) is 0 Å². The number of pyridine rings is 1. The van der Waals surface area contributed by atoms with Gasteiger partial charge in [0.1, 0.15) is 5.56 Å². The molecule has 2 nitrogen and oxygen atoms in total. The number of fused-ring (bicyclic) bond motifs is 1. The molecule has 0 saturated carbocycles. The first kappa shape index (κ1) is 9.76. The van der Waals surface area contributed by atoms with Crippen LogP contribution in [0.5, 0.6) is 0 Å². The predicted molar refractivity (Wildman–Crippen MR) is 47.9 cm³/mol. The third-order valence-electron chi connectivity index (χ3n) is 2.07. The highest BCUT2D eigenvalue weighted by Gasteiger charge is 2.33. The fourth-order valence-corrected chi connectivity index (χ4v) is 1.37. The second-order valence-electron chi connectivity index (χ2n) is 3.11. The van der Waals surface area contributed by atoms with Crippen molar-refractivity contribution in [1.82, 2.24) is 0 Å². The molecule has 0 radical (unpaired) electrons. The van der Waals surface area contributed by atoms with Crippen molar-refractivity contribution in [2.24, 2.45) is 0 Å². The Bertz CT molecular complexity index is 507. The van der Waals surface area contributed by atoms with Crippen LogP contribution in [0.2, 0.25) is 0 Å². The molecule has 2 aromatic rings. The van der Waals surface area contributed by atoms with Gasteiger partial charge in [0.2, 0.25) is 5.52 Å². The Morgan fingerprint density at radius 1 is 1.13 bits per heavy atom. The molecule has 78 valence electrons. The highest BCUT2D eigenvalue weighted by atomic mass is 19.4. The van der Waals surface area contributed by atoms with Crippen molar-refractivity contribution in [1.29, 1.82) is 0 Å². The number of halogens is 3. The summed E-state index contributed by atoms with van der Waals surface area (Å²) in [5.41, 5.74) is -0.707. The van der Waals surface area contributed by atoms with Crippen molar-refractivity contribution in [3.05, 3.63) is 47.3 Å². The van der Waals surface area contributed by atoms with E-state index in [1.54, 1.807) is 12.1 Å². The highest BCUT2D eigenvalue weighted by Crippen LogP contribution is 2.29. The van der Waals surface area contributed by atoms with Gasteiger partial charge in [-0.2, -0.15) is 17.9 Å². The van der Waals surface area contributed by atoms with Crippen LogP contribution in [0, 0.1) is 5.21 Å². The minimum atomic E-state index is -4.49. The molecular weight excluding hydrogens is 207 g/mol. The topological polar surface area (TPSA) is 26.9 Å². The molecule has 0 aliphatic carbocycles. The number of hydrogen-bond acceptors (Lipinski definition) is 1. The van der Waals surface area contributed by atoms with Crippen LogP contribution in [-0.4, -0.2) is 0 Å². The van der Waals surface area contributed by atoms with Gasteiger partial charge < -0.3 is 5.21 Å². The van der Waals surface area contributed by atoms with Crippen LogP contribution in [0.25, 0.3) is 10.9 Å². The second kappa shape index (κ2) is 3.12. The summed E-state index contributed by atoms with van der Waals surface area (Å²) in [7, 11) is 0. The third kappa shape index (κ3) is 1.72. The maximum absolute atomic E-state index is 12.3. The molecule has 0 spiro atoms. The van der Waals surface area contributed by atoms with Gasteiger partial charge in [0.15, 0.2) is 6.20 Å². The lowest BCUT2D eigenvalue weighted by Gasteiger charge is -2.07. The maximum atomic E-state index is 12.3. The summed E-state index contributed by atoms with van der Waals surface area (Å²) in [6.45, 7) is 0. The van der Waals surface area contributed by atoms with Gasteiger partial charge in [0, 0.05) is 11.5 Å². The molecule has 1 aromatic heterocycles. The van der Waals surface area contributed by atoms with Crippen LogP contribution in [-0.2, 0) is 6.18 Å². The van der Waals surface area contributed by atoms with E-state index in [0.29, 0.717) is 6.20 Å². The molecule has 0 saturated heterocycles. The molecule has 0 amide bonds. The van der Waals surface area contributed by atoms with E-state index < -0.39 is 11.7 Å². The summed E-state index contributed by atoms with van der Waals surface area (Å²) in [6, 6.07) is 7.09. The smallest absolute Gasteiger partial charge is 0.422 e. The molecule has 0 aliphatic rings. The Kier molecular flexibility index (Phi) is 2.03. The number of aromatic nitrogens is 1. The van der Waals surface area contributed by atoms with Crippen LogP contribution in [0.1, 0.15) is 5.56 Å². The largest absolute Gasteiger partial charge is 0.618 e. The molecule has 0 atom stereocenters. The average molecular weight is 213 g/mol. The van der Waals surface area contributed by atoms with E-state index in [2.05, 4.69) is 0 Å². The number of rotatable bonds is 0. The lowest BCUT2D eigenvalue weighted by molar-refractivity contribution is -0.578. The summed E-state index contributed by atoms with van der Waals surface area (Å²) in [5.74, 6) is 0. The standard InChI is InChI=1S/C10H6F3NO/c11-10(12,13)8-5-7-3-1-2-4-9(7)14(15)6-8/h1-6H. The van der Waals surface area contributed by atoms with E-state index in [-0.39, 0.29) is 15.6 Å². The van der Waals surface area contributed by atoms with E-state index in [9.17, 15) is 18.4 Å². The highest BCUT2D eigenvalue weighted by molar-refractivity contribution is 5.76. The first-order chi connectivity index (χ1) is 6.98. The van der Waals surface area contributed by atoms with Crippen LogP contribution in [0.15, 0.2) is 36.5 Å². The summed E-state index contributed by atoms with van der Waals surface area (Å²) in [6.07, 6.45) is -3.95. The summed E-state index contributed by atoms with van der Waals surface area (Å²) in [4.78, 5) is 0. The second-order valence-corrected chi connectivity index (χ2v) is 3.11. The molecule has 5 heteroatoms. The fourth-order valence-electron chi connectivity index (χ4n) is 1.37. The van der Waals surface area contributed by atoms with Crippen LogP contribution < -0.4 is 4.73 Å². The Balaban J connectivity index is 2.73. The SMILES string of the molecule is [O-][n+]1cc(C(F)(F)F)cc2ccccc21. The first-order valence-electron chi connectivity index (χ1n) is 4.17. The Hall–Kier alpha value is -1.78. The van der Waals surface area contributed by atoms with Crippen molar-refractivity contribution in [3.8, 4) is 0 Å². The van der Waals surface area contributed by atoms with Gasteiger partial charge in [-0.05, 0) is 12.1 Å². The quantitative estimate of drug-likeness (QED) is 0.488. The van der Waals surface area contributed by atoms with Gasteiger partial charge in [-0.25, -0.2) is 0 Å². The maximum Gasteiger partial charge on any atom is 0.422 e. The predicted octanol–water partition coefficient (Wildman–Crippen LogP) is 2.49. The van der Waals surface area contributed by atoms with Crippen LogP contribution in [0.4, 0.5) is 13.2 Å². The van der Waals surface area contributed by atoms with Crippen molar-refractivity contribution in [2.75, 3.05) is 0 Å². The molecule has 2 rings (SSSR count). The van der Waals surface area contributed by atoms with Gasteiger partial charge in [-0.15, -0.1) is 0 Å². The van der Waals surface area contributed by atoms with Crippen molar-refractivity contribution >= 4 is 10.9 Å². The molecule has 15 heavy (non-hydrogen) atoms. The molecule has 0 bridgehead atoms. The van der Waals surface area contributed by atoms with E-state index in [1.807, 2.05) is 0 Å². The van der Waals surface area contributed by atoms with E-state index >= 15 is 0 Å². The minimum Gasteiger partial charge on any atom is -0.618 e. The van der Waals surface area contributed by atoms with Crippen molar-refractivity contribution in [2.45, 2.75) is 6.18 Å². The number of nitrogens with zero attached hydrogens (tertiary/aromatic N) is 1. The van der Waals surface area contributed by atoms with Crippen molar-refractivity contribution < 1.29 is 17.9 Å². The Morgan fingerprint density at radius 3 is 2.47 bits per heavy atom. The molecule has 0 aliphatic heterocycles. The zero-order valence-electron chi connectivity index (χ0n) is 7.45. The Morgan fingerprint density at radius 2 is 1.80 bits per heavy atom. The van der Waals surface area contributed by atoms with E-state index in [4.69, 9.17) is 0 Å². The normalized spacial score (nSPS) is 11.9. The van der Waals surface area contributed by atoms with E-state index in [0.717, 1.165) is 6.07 Å². The minimum absolute atomic E-state index is 0.227. The zero-order chi connectivity index (χ0) is 11.1. The molecule has 0 N–H and O–H groups in total. The number of benzene rings is 1. The lowest BCUT2D eigenvalue weighted by Crippen LogP contribution is -2.28. The molecule has 0 unspecified atom stereocenters. The van der Waals surface area contributed by atoms with Crippen molar-refractivity contribution in [3.63, 3.8) is 0 Å². The number of para-hydroxylation sites is 1. The Labute approximate surface area is 83.2 Å². The van der Waals surface area contributed by atoms with Gasteiger partial charge in [-0.1, -0.05) is 12.1 Å². The average Bonchev–Trinajstić information content (AvgIpc) is 2.16. The summed E-state index contributed by atoms with van der Waals surface area (Å²) < 4.78 is 37.3. The number of alkyl halides is 3. The van der Waals surface area contributed by atoms with Gasteiger partial charge in [0.25, 0.3) is 0 Å². The molecule has 1 heterocycles. The zero-order valence-corrected chi connectivity index (χ0v) is 7.45. The molecular formula is C10H6F3NO. The molecule has 0 fully saturated rings. The van der Waals surface area contributed by atoms with Gasteiger partial charge >= 0.3 is 6.18 Å². The first-order valence-corrected chi connectivity index (χ1v) is 4.17. The lowest BCUT2D eigenvalue weighted by atomic mass is 10.1. The van der Waals surface area contributed by atoms with Crippen LogP contribution >= 0.6 is 0 Å². The summed E-state index contributed by atoms with van der Waals surface area (Å²) in [5, 5.41) is 11.5. The van der Waals surface area contributed by atoms with E-state index in [1.165, 1.54) is 12.1 Å². The van der Waals surface area contributed by atoms with Gasteiger partial charge in [-0.3, -0.25) is 0 Å². The fraction of sp³-hybridized carbons (Fsp3) is 0.100.